The van der Waals surface area contributed by atoms with Gasteiger partial charge in [0.2, 0.25) is 10.0 Å². The molecule has 0 heterocycles. The molecule has 0 atom stereocenters. The van der Waals surface area contributed by atoms with Crippen molar-refractivity contribution in [2.24, 2.45) is 0 Å². The molecule has 1 aromatic carbocycles. The number of nitrogens with two attached hydrogens (primary N) is 1. The first-order chi connectivity index (χ1) is 8.78. The standard InChI is InChI=1S/C8H11FN2O2S/c1-11(2)14(12,13)6-3-4-8(10)7(9)5-6/h3-5H,10H2,1-2H3/i1D3,2D3. The number of halogens is 1. The minimum Gasteiger partial charge on any atom is -0.396 e. The maximum Gasteiger partial charge on any atom is 0.242 e. The van der Waals surface area contributed by atoms with Gasteiger partial charge in [0.15, 0.2) is 0 Å². The van der Waals surface area contributed by atoms with Gasteiger partial charge in [0, 0.05) is 22.2 Å². The molecule has 0 saturated carbocycles. The third-order valence-corrected chi connectivity index (χ3v) is 2.84. The molecule has 1 aromatic rings. The third-order valence-electron chi connectivity index (χ3n) is 1.51. The normalized spacial score (nSPS) is 20.1. The van der Waals surface area contributed by atoms with Gasteiger partial charge in [0.25, 0.3) is 0 Å². The quantitative estimate of drug-likeness (QED) is 0.750. The highest BCUT2D eigenvalue weighted by atomic mass is 32.2. The molecule has 4 nitrogen and oxygen atoms in total. The van der Waals surface area contributed by atoms with Crippen LogP contribution < -0.4 is 5.73 Å². The lowest BCUT2D eigenvalue weighted by molar-refractivity contribution is 0.519. The third kappa shape index (κ3) is 1.85. The molecule has 0 unspecified atom stereocenters. The monoisotopic (exact) mass is 224 g/mol. The van der Waals surface area contributed by atoms with Gasteiger partial charge in [0.1, 0.15) is 5.82 Å². The SMILES string of the molecule is [2H]C([2H])([2H])N(C([2H])([2H])[2H])S(=O)(=O)c1ccc(N)c(F)c1. The van der Waals surface area contributed by atoms with Crippen molar-refractivity contribution in [1.82, 2.24) is 4.31 Å². The maximum absolute atomic E-state index is 13.3. The smallest absolute Gasteiger partial charge is 0.242 e. The van der Waals surface area contributed by atoms with Crippen LogP contribution in [0.25, 0.3) is 0 Å². The number of rotatable bonds is 2. The van der Waals surface area contributed by atoms with Crippen LogP contribution >= 0.6 is 0 Å². The van der Waals surface area contributed by atoms with E-state index in [0.29, 0.717) is 6.07 Å². The van der Waals surface area contributed by atoms with Crippen molar-refractivity contribution in [1.29, 1.82) is 0 Å². The Kier molecular flexibility index (Phi) is 1.29. The molecule has 0 aliphatic carbocycles. The fourth-order valence-electron chi connectivity index (χ4n) is 0.774. The summed E-state index contributed by atoms with van der Waals surface area (Å²) in [6.07, 6.45) is 0. The Morgan fingerprint density at radius 1 is 1.50 bits per heavy atom. The zero-order valence-electron chi connectivity index (χ0n) is 12.9. The van der Waals surface area contributed by atoms with E-state index in [4.69, 9.17) is 14.0 Å². The number of benzene rings is 1. The van der Waals surface area contributed by atoms with E-state index in [1.165, 1.54) is 0 Å². The van der Waals surface area contributed by atoms with E-state index >= 15 is 0 Å². The van der Waals surface area contributed by atoms with Crippen LogP contribution in [0, 0.1) is 5.82 Å². The lowest BCUT2D eigenvalue weighted by atomic mass is 10.3. The summed E-state index contributed by atoms with van der Waals surface area (Å²) in [4.78, 5) is -0.809. The topological polar surface area (TPSA) is 63.4 Å². The zero-order valence-corrected chi connectivity index (χ0v) is 7.68. The van der Waals surface area contributed by atoms with Gasteiger partial charge in [-0.15, -0.1) is 0 Å². The van der Waals surface area contributed by atoms with Gasteiger partial charge < -0.3 is 5.73 Å². The largest absolute Gasteiger partial charge is 0.396 e. The molecule has 0 spiro atoms. The Balaban J connectivity index is 3.49. The van der Waals surface area contributed by atoms with Crippen molar-refractivity contribution in [3.05, 3.63) is 24.0 Å². The first-order valence-corrected chi connectivity index (χ1v) is 4.82. The van der Waals surface area contributed by atoms with Crippen molar-refractivity contribution in [2.75, 3.05) is 19.7 Å². The summed E-state index contributed by atoms with van der Waals surface area (Å²) in [5.74, 6) is -1.10. The molecule has 6 heteroatoms. The molecule has 78 valence electrons. The highest BCUT2D eigenvalue weighted by Crippen LogP contribution is 2.18. The van der Waals surface area contributed by atoms with Crippen molar-refractivity contribution in [3.63, 3.8) is 0 Å². The van der Waals surface area contributed by atoms with Crippen LogP contribution in [-0.4, -0.2) is 26.7 Å². The lowest BCUT2D eigenvalue weighted by Crippen LogP contribution is -2.22. The van der Waals surface area contributed by atoms with Crippen LogP contribution in [0.15, 0.2) is 23.1 Å². The van der Waals surface area contributed by atoms with Gasteiger partial charge in [-0.25, -0.2) is 17.1 Å². The van der Waals surface area contributed by atoms with E-state index in [1.54, 1.807) is 0 Å². The summed E-state index contributed by atoms with van der Waals surface area (Å²) >= 11 is 0. The average molecular weight is 224 g/mol. The summed E-state index contributed by atoms with van der Waals surface area (Å²) in [7, 11) is -4.94. The van der Waals surface area contributed by atoms with Gasteiger partial charge in [-0.2, -0.15) is 0 Å². The fourth-order valence-corrected chi connectivity index (χ4v) is 1.48. The summed E-state index contributed by atoms with van der Waals surface area (Å²) in [5, 5.41) is 0. The number of hydrogen-bond acceptors (Lipinski definition) is 3. The molecule has 1 rings (SSSR count). The second kappa shape index (κ2) is 3.55. The summed E-state index contributed by atoms with van der Waals surface area (Å²) in [6.45, 7) is -6.89. The lowest BCUT2D eigenvalue weighted by Gasteiger charge is -2.11. The summed E-state index contributed by atoms with van der Waals surface area (Å²) < 4.78 is 79.1. The Bertz CT molecular complexity index is 598. The van der Waals surface area contributed by atoms with E-state index in [1.807, 2.05) is 0 Å². The van der Waals surface area contributed by atoms with Gasteiger partial charge in [-0.3, -0.25) is 0 Å². The first kappa shape index (κ1) is 5.09. The Morgan fingerprint density at radius 3 is 2.64 bits per heavy atom. The number of nitrogen functional groups attached to an aromatic ring is 1. The Labute approximate surface area is 90.6 Å². The van der Waals surface area contributed by atoms with E-state index in [9.17, 15) is 12.8 Å². The predicted molar refractivity (Wildman–Crippen MR) is 51.7 cm³/mol. The van der Waals surface area contributed by atoms with Gasteiger partial charge in [-0.05, 0) is 18.2 Å². The second-order valence-corrected chi connectivity index (χ2v) is 4.24. The van der Waals surface area contributed by atoms with Crippen LogP contribution in [0.3, 0.4) is 0 Å². The fraction of sp³-hybridized carbons (Fsp3) is 0.250. The molecule has 0 fully saturated rings. The highest BCUT2D eigenvalue weighted by molar-refractivity contribution is 7.89. The number of hydrogen-bond donors (Lipinski definition) is 1. The minimum absolute atomic E-state index is 0.349. The van der Waals surface area contributed by atoms with Gasteiger partial charge in [-0.1, -0.05) is 0 Å². The summed E-state index contributed by atoms with van der Waals surface area (Å²) in [5.41, 5.74) is 4.83. The molecule has 14 heavy (non-hydrogen) atoms. The van der Waals surface area contributed by atoms with Crippen LogP contribution in [0.4, 0.5) is 10.1 Å². The molecular formula is C8H11FN2O2S. The van der Waals surface area contributed by atoms with Crippen LogP contribution in [0.5, 0.6) is 0 Å². The van der Waals surface area contributed by atoms with Gasteiger partial charge >= 0.3 is 0 Å². The van der Waals surface area contributed by atoms with Crippen molar-refractivity contribution in [2.45, 2.75) is 4.90 Å². The first-order valence-electron chi connectivity index (χ1n) is 6.38. The predicted octanol–water partition coefficient (Wildman–Crippen LogP) is 0.658. The molecule has 0 aliphatic heterocycles. The number of nitrogens with zero attached hydrogens (tertiary/aromatic N) is 1. The van der Waals surface area contributed by atoms with E-state index in [-0.39, 0.29) is 5.69 Å². The molecule has 2 N–H and O–H groups in total. The molecule has 0 bridgehead atoms. The Hall–Kier alpha value is -1.14. The molecule has 0 radical (unpaired) electrons. The van der Waals surface area contributed by atoms with Crippen LogP contribution in [0.2, 0.25) is 0 Å². The molecular weight excluding hydrogens is 207 g/mol. The second-order valence-electron chi connectivity index (χ2n) is 2.45. The molecule has 0 amide bonds. The summed E-state index contributed by atoms with van der Waals surface area (Å²) in [6, 6.07) is 2.20. The van der Waals surface area contributed by atoms with E-state index < -0.39 is 39.0 Å². The number of sulfonamides is 1. The molecule has 0 aliphatic rings. The molecule has 0 saturated heterocycles. The Morgan fingerprint density at radius 2 is 2.14 bits per heavy atom. The number of anilines is 1. The zero-order chi connectivity index (χ0) is 15.9. The van der Waals surface area contributed by atoms with E-state index in [2.05, 4.69) is 0 Å². The maximum atomic E-state index is 13.3. The average Bonchev–Trinajstić information content (AvgIpc) is 2.16. The van der Waals surface area contributed by atoms with Crippen LogP contribution in [0.1, 0.15) is 8.22 Å². The van der Waals surface area contributed by atoms with Crippen molar-refractivity contribution in [3.8, 4) is 0 Å². The highest BCUT2D eigenvalue weighted by Gasteiger charge is 2.17. The van der Waals surface area contributed by atoms with Crippen molar-refractivity contribution < 1.29 is 21.0 Å². The van der Waals surface area contributed by atoms with E-state index in [0.717, 1.165) is 12.1 Å². The minimum atomic E-state index is -4.94. The molecule has 0 aromatic heterocycles. The van der Waals surface area contributed by atoms with Crippen LogP contribution in [-0.2, 0) is 10.0 Å². The van der Waals surface area contributed by atoms with Crippen molar-refractivity contribution >= 4 is 15.7 Å². The van der Waals surface area contributed by atoms with Gasteiger partial charge in [0.05, 0.1) is 10.6 Å².